The second-order valence-electron chi connectivity index (χ2n) is 20.2. The molecule has 1 heterocycles. The van der Waals surface area contributed by atoms with E-state index >= 15 is 0 Å². The Morgan fingerprint density at radius 1 is 0.537 bits per heavy atom. The molecule has 1 fully saturated rings. The van der Waals surface area contributed by atoms with Gasteiger partial charge in [0.2, 0.25) is 0 Å². The molecule has 0 N–H and O–H groups in total. The van der Waals surface area contributed by atoms with Crippen LogP contribution in [0.4, 0.5) is 0 Å². The molecule has 0 aromatic rings. The first-order chi connectivity index (χ1) is 36.4. The molecule has 488 valence electrons. The number of halogens is 5. The third-order valence-electron chi connectivity index (χ3n) is 10.0. The van der Waals surface area contributed by atoms with E-state index in [1.54, 1.807) is 6.92 Å². The minimum atomic E-state index is -3.40. The van der Waals surface area contributed by atoms with Crippen molar-refractivity contribution in [3.8, 4) is 0 Å². The fourth-order valence-electron chi connectivity index (χ4n) is 5.39. The third-order valence-corrected chi connectivity index (χ3v) is 19.3. The van der Waals surface area contributed by atoms with Crippen LogP contribution in [0.15, 0.2) is 0 Å². The maximum atomic E-state index is 10.9. The Balaban J connectivity index is -0.000000452. The van der Waals surface area contributed by atoms with Crippen molar-refractivity contribution in [1.29, 1.82) is 0 Å². The van der Waals surface area contributed by atoms with Crippen LogP contribution >= 0.6 is 58.0 Å². The average Bonchev–Trinajstić information content (AvgIpc) is 3.29. The molecule has 1 aliphatic heterocycles. The van der Waals surface area contributed by atoms with Gasteiger partial charge in [-0.1, -0.05) is 20.8 Å². The Morgan fingerprint density at radius 3 is 1.21 bits per heavy atom. The Kier molecular flexibility index (Phi) is 50.3. The molecule has 0 spiro atoms. The van der Waals surface area contributed by atoms with Gasteiger partial charge in [0, 0.05) is 49.7 Å². The summed E-state index contributed by atoms with van der Waals surface area (Å²) in [5.74, 6) is 1.51. The molecule has 1 aliphatic rings. The van der Waals surface area contributed by atoms with Gasteiger partial charge in [-0.15, -0.1) is 58.0 Å². The van der Waals surface area contributed by atoms with E-state index in [0.717, 1.165) is 50.5 Å². The zero-order chi connectivity index (χ0) is 63.1. The van der Waals surface area contributed by atoms with E-state index in [-0.39, 0.29) is 105 Å². The zero-order valence-electron chi connectivity index (χ0n) is 49.7. The number of hydrogen-bond acceptors (Lipinski definition) is 23. The minimum absolute atomic E-state index is 0.0645. The number of hydrogen-bond donors (Lipinski definition) is 0. The fourth-order valence-corrected chi connectivity index (χ4v) is 10.0. The molecule has 0 amide bonds. The highest BCUT2D eigenvalue weighted by atomic mass is 35.5. The summed E-state index contributed by atoms with van der Waals surface area (Å²) in [6, 6.07) is 0. The van der Waals surface area contributed by atoms with Gasteiger partial charge >= 0.3 is 0 Å². The van der Waals surface area contributed by atoms with Crippen LogP contribution < -0.4 is 0 Å². The van der Waals surface area contributed by atoms with Crippen LogP contribution in [0.3, 0.4) is 0 Å². The van der Waals surface area contributed by atoms with Gasteiger partial charge in [-0.2, -0.15) is 42.1 Å². The molecule has 0 aromatic carbocycles. The highest BCUT2D eigenvalue weighted by Gasteiger charge is 2.39. The molecule has 0 bridgehead atoms. The molecular weight excluding hydrogens is 1290 g/mol. The van der Waals surface area contributed by atoms with Gasteiger partial charge in [0.05, 0.1) is 100 Å². The molecule has 0 aromatic heterocycles. The Hall–Kier alpha value is 0.897. The second-order valence-corrected chi connectivity index (χ2v) is 34.7. The first-order valence-electron chi connectivity index (χ1n) is 25.4. The van der Waals surface area contributed by atoms with Crippen LogP contribution in [0.1, 0.15) is 107 Å². The molecule has 80 heavy (non-hydrogen) atoms. The molecule has 1 rings (SSSR count). The predicted octanol–water partition coefficient (Wildman–Crippen LogP) is 8.20. The Labute approximate surface area is 508 Å². The molecular formula is C46H97Cl5O23S5Si. The second kappa shape index (κ2) is 46.1. The molecule has 2 unspecified atom stereocenters. The van der Waals surface area contributed by atoms with Crippen molar-refractivity contribution in [1.82, 2.24) is 0 Å². The lowest BCUT2D eigenvalue weighted by molar-refractivity contribution is -0.185. The van der Waals surface area contributed by atoms with Gasteiger partial charge < -0.3 is 37.6 Å². The topological polar surface area (TPSA) is 291 Å². The van der Waals surface area contributed by atoms with E-state index < -0.39 is 58.9 Å². The largest absolute Gasteiger partial charge is 0.413 e. The van der Waals surface area contributed by atoms with Crippen molar-refractivity contribution >= 4 is 117 Å². The SMILES string of the molecule is CC(C)(C)O[C@H](CCl)CCOS(C)(=O)=O.CC(C)(C)[Si](C)(C)O[C@H](CCl)CCOS(C)(=O)=O.CCOC(C)O[C@H](CCl)CCOS(C)(=O)=O.COCO[C@H](CCl)CCOS(C)(=O)=O.CS(=O)(=O)OCC[C@@H](CCl)OC1CCCCO1. The van der Waals surface area contributed by atoms with E-state index in [4.69, 9.17) is 95.0 Å². The molecule has 1 saturated heterocycles. The van der Waals surface area contributed by atoms with Crippen LogP contribution in [0.2, 0.25) is 18.1 Å². The van der Waals surface area contributed by atoms with Gasteiger partial charge in [0.25, 0.3) is 50.6 Å². The van der Waals surface area contributed by atoms with Gasteiger partial charge in [0.15, 0.2) is 20.9 Å². The fraction of sp³-hybridized carbons (Fsp3) is 1.00. The van der Waals surface area contributed by atoms with Crippen LogP contribution in [0, 0.1) is 0 Å². The maximum absolute atomic E-state index is 10.9. The smallest absolute Gasteiger partial charge is 0.264 e. The maximum Gasteiger partial charge on any atom is 0.264 e. The van der Waals surface area contributed by atoms with E-state index in [2.05, 4.69) is 55.3 Å². The molecule has 23 nitrogen and oxygen atoms in total. The average molecular weight is 1380 g/mol. The van der Waals surface area contributed by atoms with E-state index in [1.807, 2.05) is 27.7 Å². The first kappa shape index (κ1) is 87.3. The number of methoxy groups -OCH3 is 1. The van der Waals surface area contributed by atoms with Crippen molar-refractivity contribution in [2.24, 2.45) is 0 Å². The molecule has 0 aliphatic carbocycles. The summed E-state index contributed by atoms with van der Waals surface area (Å²) in [4.78, 5) is 0. The molecule has 7 atom stereocenters. The summed E-state index contributed by atoms with van der Waals surface area (Å²) in [6.45, 7) is 22.0. The summed E-state index contributed by atoms with van der Waals surface area (Å²) in [6.07, 6.45) is 8.64. The van der Waals surface area contributed by atoms with Gasteiger partial charge in [-0.05, 0) is 104 Å². The Bertz CT molecular complexity index is 2100. The Morgan fingerprint density at radius 2 is 0.900 bits per heavy atom. The summed E-state index contributed by atoms with van der Waals surface area (Å²) < 4.78 is 173. The summed E-state index contributed by atoms with van der Waals surface area (Å²) in [5, 5.41) is 0.106. The molecule has 34 heteroatoms. The zero-order valence-corrected chi connectivity index (χ0v) is 58.6. The van der Waals surface area contributed by atoms with E-state index in [1.165, 1.54) is 7.11 Å². The van der Waals surface area contributed by atoms with Crippen LogP contribution in [0.25, 0.3) is 0 Å². The highest BCUT2D eigenvalue weighted by molar-refractivity contribution is 7.86. The lowest BCUT2D eigenvalue weighted by Crippen LogP contribution is -2.44. The van der Waals surface area contributed by atoms with Crippen LogP contribution in [0.5, 0.6) is 0 Å². The molecule has 0 radical (unpaired) electrons. The number of alkyl halides is 5. The predicted molar refractivity (Wildman–Crippen MR) is 319 cm³/mol. The molecule has 0 saturated carbocycles. The van der Waals surface area contributed by atoms with Crippen molar-refractivity contribution in [2.45, 2.75) is 174 Å². The lowest BCUT2D eigenvalue weighted by Gasteiger charge is -2.38. The lowest BCUT2D eigenvalue weighted by atomic mass is 10.1. The summed E-state index contributed by atoms with van der Waals surface area (Å²) in [5.41, 5.74) is -0.287. The quantitative estimate of drug-likeness (QED) is 0.0245. The summed E-state index contributed by atoms with van der Waals surface area (Å²) >= 11 is 28.6. The van der Waals surface area contributed by atoms with Crippen LogP contribution in [-0.2, 0) is 109 Å². The summed E-state index contributed by atoms with van der Waals surface area (Å²) in [7, 11) is -17.3. The third kappa shape index (κ3) is 62.0. The normalized spacial score (nSPS) is 17.1. The number of ether oxygens (including phenoxy) is 7. The monoisotopic (exact) mass is 1380 g/mol. The number of rotatable bonds is 37. The van der Waals surface area contributed by atoms with Gasteiger partial charge in [-0.25, -0.2) is 0 Å². The highest BCUT2D eigenvalue weighted by Crippen LogP contribution is 2.37. The van der Waals surface area contributed by atoms with Gasteiger partial charge in [0.1, 0.15) is 6.79 Å². The van der Waals surface area contributed by atoms with E-state index in [0.29, 0.717) is 63.0 Å². The van der Waals surface area contributed by atoms with Gasteiger partial charge in [-0.3, -0.25) is 20.9 Å². The van der Waals surface area contributed by atoms with Crippen molar-refractivity contribution < 1.29 is 101 Å². The first-order valence-corrected chi connectivity index (χ1v) is 40.1. The van der Waals surface area contributed by atoms with E-state index in [9.17, 15) is 42.1 Å². The van der Waals surface area contributed by atoms with Crippen molar-refractivity contribution in [2.75, 3.05) is 121 Å². The van der Waals surface area contributed by atoms with Crippen molar-refractivity contribution in [3.05, 3.63) is 0 Å². The van der Waals surface area contributed by atoms with Crippen LogP contribution in [-0.4, -0.2) is 220 Å². The standard InChI is InChI=1S/C11H25ClO4SSi.C10H19ClO5S.C9H19ClO5S.C9H19ClO4S.C7H15ClO5S/c1-11(2,3)18(5,6)16-10(9-12)7-8-15-17(4,13)14;1-17(12,13)15-7-5-9(8-11)16-10-4-2-3-6-14-10;1-4-13-8(2)15-9(7-10)5-6-14-16(3,11)12;1-9(2,3)14-8(7-10)5-6-13-15(4,11)12;1-11-6-12-7(5-8)3-4-13-14(2,9)10/h10H,7-9H2,1-6H3;9-10H,2-8H2,1H3;8-9H,4-7H2,1-3H3;8H,5-7H2,1-4H3;7H,3-6H2,1-2H3/t10-;9-,10?;8?,9-;8-;7-/m00000/s1. The van der Waals surface area contributed by atoms with Crippen molar-refractivity contribution in [3.63, 3.8) is 0 Å². The minimum Gasteiger partial charge on any atom is -0.413 e.